The van der Waals surface area contributed by atoms with Crippen LogP contribution in [0.1, 0.15) is 43.8 Å². The minimum atomic E-state index is 0.848. The van der Waals surface area contributed by atoms with E-state index in [1.807, 2.05) is 0 Å². The molecule has 0 saturated heterocycles. The van der Waals surface area contributed by atoms with Crippen LogP contribution in [0.5, 0.6) is 0 Å². The lowest BCUT2D eigenvalue weighted by atomic mass is 10.1. The molecule has 1 aromatic heterocycles. The van der Waals surface area contributed by atoms with Gasteiger partial charge in [-0.05, 0) is 39.0 Å². The molecule has 1 aliphatic carbocycles. The van der Waals surface area contributed by atoms with Crippen LogP contribution in [0.3, 0.4) is 0 Å². The molecular formula is C13H21N3. The van der Waals surface area contributed by atoms with E-state index < -0.39 is 0 Å². The Morgan fingerprint density at radius 3 is 2.56 bits per heavy atom. The van der Waals surface area contributed by atoms with Crippen LogP contribution in [0.2, 0.25) is 0 Å². The molecule has 16 heavy (non-hydrogen) atoms. The summed E-state index contributed by atoms with van der Waals surface area (Å²) in [6.07, 6.45) is 4.77. The van der Waals surface area contributed by atoms with E-state index in [0.29, 0.717) is 0 Å². The largest absolute Gasteiger partial charge is 0.370 e. The van der Waals surface area contributed by atoms with Gasteiger partial charge < -0.3 is 5.32 Å². The molecule has 1 N–H and O–H groups in total. The van der Waals surface area contributed by atoms with Crippen LogP contribution in [-0.4, -0.2) is 16.5 Å². The summed E-state index contributed by atoms with van der Waals surface area (Å²) in [5, 5.41) is 3.35. The van der Waals surface area contributed by atoms with E-state index in [1.54, 1.807) is 0 Å². The maximum atomic E-state index is 4.65. The van der Waals surface area contributed by atoms with Crippen molar-refractivity contribution in [2.75, 3.05) is 11.9 Å². The Morgan fingerprint density at radius 1 is 1.25 bits per heavy atom. The molecule has 0 atom stereocenters. The first-order valence-electron chi connectivity index (χ1n) is 6.34. The number of aromatic nitrogens is 2. The Balaban J connectivity index is 2.26. The highest BCUT2D eigenvalue weighted by Gasteiger charge is 2.23. The summed E-state index contributed by atoms with van der Waals surface area (Å²) in [6.45, 7) is 7.29. The molecular weight excluding hydrogens is 198 g/mol. The zero-order valence-electron chi connectivity index (χ0n) is 10.5. The molecule has 0 spiro atoms. The second-order valence-electron chi connectivity index (χ2n) is 4.58. The molecule has 0 bridgehead atoms. The Labute approximate surface area is 97.7 Å². The van der Waals surface area contributed by atoms with Crippen molar-refractivity contribution < 1.29 is 0 Å². The Kier molecular flexibility index (Phi) is 3.42. The van der Waals surface area contributed by atoms with Crippen LogP contribution in [0, 0.1) is 12.8 Å². The SMILES string of the molecule is CCNc1nc(CC2CC2)nc(C)c1CC. The van der Waals surface area contributed by atoms with Gasteiger partial charge in [0.2, 0.25) is 0 Å². The number of hydrogen-bond acceptors (Lipinski definition) is 3. The van der Waals surface area contributed by atoms with Crippen molar-refractivity contribution in [3.05, 3.63) is 17.1 Å². The molecule has 0 amide bonds. The molecule has 1 saturated carbocycles. The molecule has 0 aromatic carbocycles. The number of aryl methyl sites for hydroxylation is 1. The van der Waals surface area contributed by atoms with Gasteiger partial charge in [-0.15, -0.1) is 0 Å². The minimum absolute atomic E-state index is 0.848. The Morgan fingerprint density at radius 2 is 2.00 bits per heavy atom. The normalized spacial score (nSPS) is 15.2. The number of nitrogens with zero attached hydrogens (tertiary/aromatic N) is 2. The van der Waals surface area contributed by atoms with Gasteiger partial charge in [0, 0.05) is 24.2 Å². The molecule has 0 aliphatic heterocycles. The molecule has 1 aliphatic rings. The molecule has 88 valence electrons. The third kappa shape index (κ3) is 2.52. The average Bonchev–Trinajstić information content (AvgIpc) is 3.02. The first kappa shape index (κ1) is 11.4. The molecule has 3 heteroatoms. The third-order valence-electron chi connectivity index (χ3n) is 3.13. The van der Waals surface area contributed by atoms with Gasteiger partial charge in [0.1, 0.15) is 11.6 Å². The van der Waals surface area contributed by atoms with Crippen LogP contribution >= 0.6 is 0 Å². The number of hydrogen-bond donors (Lipinski definition) is 1. The predicted molar refractivity (Wildman–Crippen MR) is 66.7 cm³/mol. The second kappa shape index (κ2) is 4.81. The van der Waals surface area contributed by atoms with Crippen LogP contribution < -0.4 is 5.32 Å². The fourth-order valence-electron chi connectivity index (χ4n) is 2.06. The smallest absolute Gasteiger partial charge is 0.133 e. The summed E-state index contributed by atoms with van der Waals surface area (Å²) in [5.41, 5.74) is 2.41. The average molecular weight is 219 g/mol. The number of nitrogens with one attached hydrogen (secondary N) is 1. The van der Waals surface area contributed by atoms with Crippen molar-refractivity contribution in [3.63, 3.8) is 0 Å². The monoisotopic (exact) mass is 219 g/mol. The third-order valence-corrected chi connectivity index (χ3v) is 3.13. The van der Waals surface area contributed by atoms with Crippen LogP contribution in [0.4, 0.5) is 5.82 Å². The van der Waals surface area contributed by atoms with Crippen LogP contribution in [0.15, 0.2) is 0 Å². The highest BCUT2D eigenvalue weighted by atomic mass is 15.0. The predicted octanol–water partition coefficient (Wildman–Crippen LogP) is 2.73. The quantitative estimate of drug-likeness (QED) is 0.827. The molecule has 0 unspecified atom stereocenters. The van der Waals surface area contributed by atoms with Crippen LogP contribution in [0.25, 0.3) is 0 Å². The van der Waals surface area contributed by atoms with Crippen molar-refractivity contribution >= 4 is 5.82 Å². The van der Waals surface area contributed by atoms with Crippen molar-refractivity contribution in [1.29, 1.82) is 0 Å². The first-order chi connectivity index (χ1) is 7.74. The van der Waals surface area contributed by atoms with Gasteiger partial charge >= 0.3 is 0 Å². The van der Waals surface area contributed by atoms with Gasteiger partial charge in [-0.1, -0.05) is 6.92 Å². The molecule has 2 rings (SSSR count). The maximum absolute atomic E-state index is 4.65. The summed E-state index contributed by atoms with van der Waals surface area (Å²) in [5.74, 6) is 2.92. The van der Waals surface area contributed by atoms with E-state index in [0.717, 1.165) is 42.6 Å². The van der Waals surface area contributed by atoms with Gasteiger partial charge in [0.05, 0.1) is 0 Å². The first-order valence-corrected chi connectivity index (χ1v) is 6.34. The molecule has 1 fully saturated rings. The lowest BCUT2D eigenvalue weighted by Gasteiger charge is -2.12. The van der Waals surface area contributed by atoms with Gasteiger partial charge in [0.25, 0.3) is 0 Å². The highest BCUT2D eigenvalue weighted by Crippen LogP contribution is 2.32. The topological polar surface area (TPSA) is 37.8 Å². The maximum Gasteiger partial charge on any atom is 0.133 e. The summed E-state index contributed by atoms with van der Waals surface area (Å²) in [7, 11) is 0. The number of anilines is 1. The Hall–Kier alpha value is -1.12. The summed E-state index contributed by atoms with van der Waals surface area (Å²) < 4.78 is 0. The summed E-state index contributed by atoms with van der Waals surface area (Å²) in [6, 6.07) is 0. The van der Waals surface area contributed by atoms with E-state index in [1.165, 1.54) is 18.4 Å². The van der Waals surface area contributed by atoms with E-state index in [2.05, 4.69) is 36.1 Å². The second-order valence-corrected chi connectivity index (χ2v) is 4.58. The fourth-order valence-corrected chi connectivity index (χ4v) is 2.06. The van der Waals surface area contributed by atoms with Gasteiger partial charge in [-0.25, -0.2) is 9.97 Å². The highest BCUT2D eigenvalue weighted by molar-refractivity contribution is 5.46. The van der Waals surface area contributed by atoms with E-state index >= 15 is 0 Å². The van der Waals surface area contributed by atoms with Gasteiger partial charge in [0.15, 0.2) is 0 Å². The molecule has 1 heterocycles. The van der Waals surface area contributed by atoms with Crippen molar-refractivity contribution in [2.24, 2.45) is 5.92 Å². The number of rotatable bonds is 5. The standard InChI is InChI=1S/C13H21N3/c1-4-11-9(3)15-12(8-10-6-7-10)16-13(11)14-5-2/h10H,4-8H2,1-3H3,(H,14,15,16). The zero-order chi connectivity index (χ0) is 11.5. The minimum Gasteiger partial charge on any atom is -0.370 e. The van der Waals surface area contributed by atoms with Crippen molar-refractivity contribution in [1.82, 2.24) is 9.97 Å². The Bertz CT molecular complexity index is 370. The van der Waals surface area contributed by atoms with Gasteiger partial charge in [-0.2, -0.15) is 0 Å². The van der Waals surface area contributed by atoms with Crippen LogP contribution in [-0.2, 0) is 12.8 Å². The summed E-state index contributed by atoms with van der Waals surface area (Å²) >= 11 is 0. The molecule has 1 aromatic rings. The van der Waals surface area contributed by atoms with E-state index in [-0.39, 0.29) is 0 Å². The lowest BCUT2D eigenvalue weighted by molar-refractivity contribution is 0.758. The zero-order valence-corrected chi connectivity index (χ0v) is 10.5. The lowest BCUT2D eigenvalue weighted by Crippen LogP contribution is -2.10. The van der Waals surface area contributed by atoms with Crippen molar-refractivity contribution in [3.8, 4) is 0 Å². The fraction of sp³-hybridized carbons (Fsp3) is 0.692. The van der Waals surface area contributed by atoms with Gasteiger partial charge in [-0.3, -0.25) is 0 Å². The molecule has 0 radical (unpaired) electrons. The summed E-state index contributed by atoms with van der Waals surface area (Å²) in [4.78, 5) is 9.27. The van der Waals surface area contributed by atoms with E-state index in [9.17, 15) is 0 Å². The van der Waals surface area contributed by atoms with Crippen molar-refractivity contribution in [2.45, 2.75) is 46.5 Å². The van der Waals surface area contributed by atoms with E-state index in [4.69, 9.17) is 0 Å². The molecule has 3 nitrogen and oxygen atoms in total.